The second kappa shape index (κ2) is 5.88. The molecule has 0 saturated heterocycles. The van der Waals surface area contributed by atoms with Crippen LogP contribution in [0.4, 0.5) is 0 Å². The van der Waals surface area contributed by atoms with Gasteiger partial charge in [-0.15, -0.1) is 0 Å². The number of amides is 1. The van der Waals surface area contributed by atoms with Gasteiger partial charge in [-0.1, -0.05) is 28.1 Å². The lowest BCUT2D eigenvalue weighted by atomic mass is 10.1. The first-order chi connectivity index (χ1) is 7.13. The molecule has 4 heteroatoms. The molecule has 0 aliphatic carbocycles. The fourth-order valence-electron chi connectivity index (χ4n) is 1.28. The van der Waals surface area contributed by atoms with E-state index in [0.717, 1.165) is 10.0 Å². The first kappa shape index (κ1) is 12.2. The van der Waals surface area contributed by atoms with Crippen LogP contribution in [0.1, 0.15) is 24.9 Å². The van der Waals surface area contributed by atoms with Gasteiger partial charge in [0.05, 0.1) is 6.04 Å². The normalized spacial score (nSPS) is 12.2. The van der Waals surface area contributed by atoms with Crippen molar-refractivity contribution in [3.05, 3.63) is 34.3 Å². The molecule has 0 fully saturated rings. The van der Waals surface area contributed by atoms with Gasteiger partial charge in [0.25, 0.3) is 0 Å². The molecule has 0 bridgehead atoms. The standard InChI is InChI=1S/C11H15BrN2O/c1-8(14-11(15)6-7-13)9-2-4-10(12)5-3-9/h2-5,8H,6-7,13H2,1H3,(H,14,15). The van der Waals surface area contributed by atoms with Crippen LogP contribution < -0.4 is 11.1 Å². The van der Waals surface area contributed by atoms with Crippen molar-refractivity contribution in [1.29, 1.82) is 0 Å². The summed E-state index contributed by atoms with van der Waals surface area (Å²) >= 11 is 3.37. The molecule has 1 aromatic rings. The lowest BCUT2D eigenvalue weighted by Gasteiger charge is -2.13. The summed E-state index contributed by atoms with van der Waals surface area (Å²) in [7, 11) is 0. The minimum Gasteiger partial charge on any atom is -0.350 e. The van der Waals surface area contributed by atoms with Gasteiger partial charge in [-0.25, -0.2) is 0 Å². The van der Waals surface area contributed by atoms with Gasteiger partial charge in [0, 0.05) is 17.4 Å². The van der Waals surface area contributed by atoms with Crippen molar-refractivity contribution in [3.8, 4) is 0 Å². The Balaban J connectivity index is 2.57. The lowest BCUT2D eigenvalue weighted by Crippen LogP contribution is -2.28. The zero-order valence-electron chi connectivity index (χ0n) is 8.66. The summed E-state index contributed by atoms with van der Waals surface area (Å²) in [6.45, 7) is 2.34. The van der Waals surface area contributed by atoms with Gasteiger partial charge in [-0.3, -0.25) is 4.79 Å². The summed E-state index contributed by atoms with van der Waals surface area (Å²) < 4.78 is 1.03. The zero-order valence-corrected chi connectivity index (χ0v) is 10.3. The fraction of sp³-hybridized carbons (Fsp3) is 0.364. The van der Waals surface area contributed by atoms with E-state index in [0.29, 0.717) is 13.0 Å². The molecular weight excluding hydrogens is 256 g/mol. The molecule has 1 unspecified atom stereocenters. The number of hydrogen-bond acceptors (Lipinski definition) is 2. The summed E-state index contributed by atoms with van der Waals surface area (Å²) in [6.07, 6.45) is 0.376. The highest BCUT2D eigenvalue weighted by molar-refractivity contribution is 9.10. The predicted octanol–water partition coefficient (Wildman–Crippen LogP) is 1.98. The maximum absolute atomic E-state index is 11.3. The number of carbonyl (C=O) groups is 1. The molecule has 0 saturated carbocycles. The molecule has 0 heterocycles. The van der Waals surface area contributed by atoms with Crippen LogP contribution in [0.2, 0.25) is 0 Å². The van der Waals surface area contributed by atoms with Gasteiger partial charge in [0.15, 0.2) is 0 Å². The first-order valence-corrected chi connectivity index (χ1v) is 5.67. The monoisotopic (exact) mass is 270 g/mol. The van der Waals surface area contributed by atoms with Crippen molar-refractivity contribution in [2.75, 3.05) is 6.54 Å². The Labute approximate surface area is 98.2 Å². The van der Waals surface area contributed by atoms with Crippen LogP contribution in [0.15, 0.2) is 28.7 Å². The Hall–Kier alpha value is -0.870. The summed E-state index contributed by atoms with van der Waals surface area (Å²) in [4.78, 5) is 11.3. The molecule has 1 atom stereocenters. The summed E-state index contributed by atoms with van der Waals surface area (Å²) in [5, 5.41) is 2.88. The quantitative estimate of drug-likeness (QED) is 0.879. The SMILES string of the molecule is CC(NC(=O)CCN)c1ccc(Br)cc1. The molecule has 3 N–H and O–H groups in total. The van der Waals surface area contributed by atoms with E-state index in [2.05, 4.69) is 21.2 Å². The maximum Gasteiger partial charge on any atom is 0.221 e. The second-order valence-corrected chi connectivity index (χ2v) is 4.30. The first-order valence-electron chi connectivity index (χ1n) is 4.88. The number of carbonyl (C=O) groups excluding carboxylic acids is 1. The summed E-state index contributed by atoms with van der Waals surface area (Å²) in [5.41, 5.74) is 6.38. The molecule has 1 aromatic carbocycles. The Bertz CT molecular complexity index is 324. The highest BCUT2D eigenvalue weighted by Crippen LogP contribution is 2.16. The molecule has 0 radical (unpaired) electrons. The van der Waals surface area contributed by atoms with Gasteiger partial charge >= 0.3 is 0 Å². The number of nitrogens with one attached hydrogen (secondary N) is 1. The van der Waals surface area contributed by atoms with E-state index < -0.39 is 0 Å². The van der Waals surface area contributed by atoms with Crippen LogP contribution in [-0.2, 0) is 4.79 Å². The number of halogens is 1. The van der Waals surface area contributed by atoms with E-state index in [9.17, 15) is 4.79 Å². The Morgan fingerprint density at radius 3 is 2.60 bits per heavy atom. The average molecular weight is 271 g/mol. The van der Waals surface area contributed by atoms with Crippen LogP contribution in [-0.4, -0.2) is 12.5 Å². The molecule has 0 spiro atoms. The highest BCUT2D eigenvalue weighted by Gasteiger charge is 2.08. The Morgan fingerprint density at radius 2 is 2.07 bits per heavy atom. The van der Waals surface area contributed by atoms with Crippen LogP contribution in [0, 0.1) is 0 Å². The van der Waals surface area contributed by atoms with Gasteiger partial charge < -0.3 is 11.1 Å². The third-order valence-electron chi connectivity index (χ3n) is 2.12. The van der Waals surface area contributed by atoms with Crippen molar-refractivity contribution in [2.45, 2.75) is 19.4 Å². The molecule has 0 aliphatic heterocycles. The minimum absolute atomic E-state index is 0.00656. The average Bonchev–Trinajstić information content (AvgIpc) is 2.18. The Kier molecular flexibility index (Phi) is 4.78. The Morgan fingerprint density at radius 1 is 1.47 bits per heavy atom. The van der Waals surface area contributed by atoms with Crippen molar-refractivity contribution < 1.29 is 4.79 Å². The second-order valence-electron chi connectivity index (χ2n) is 3.38. The maximum atomic E-state index is 11.3. The molecule has 0 aromatic heterocycles. The third-order valence-corrected chi connectivity index (χ3v) is 2.65. The van der Waals surface area contributed by atoms with E-state index in [1.54, 1.807) is 0 Å². The molecular formula is C11H15BrN2O. The van der Waals surface area contributed by atoms with E-state index in [1.807, 2.05) is 31.2 Å². The van der Waals surface area contributed by atoms with E-state index >= 15 is 0 Å². The molecule has 0 aliphatic rings. The van der Waals surface area contributed by atoms with Gasteiger partial charge in [-0.05, 0) is 24.6 Å². The van der Waals surface area contributed by atoms with Gasteiger partial charge in [0.1, 0.15) is 0 Å². The topological polar surface area (TPSA) is 55.1 Å². The summed E-state index contributed by atoms with van der Waals surface area (Å²) in [6, 6.07) is 7.91. The number of rotatable bonds is 4. The fourth-order valence-corrected chi connectivity index (χ4v) is 1.54. The van der Waals surface area contributed by atoms with Crippen molar-refractivity contribution in [1.82, 2.24) is 5.32 Å². The largest absolute Gasteiger partial charge is 0.350 e. The molecule has 82 valence electrons. The minimum atomic E-state index is -0.00656. The zero-order chi connectivity index (χ0) is 11.3. The van der Waals surface area contributed by atoms with Gasteiger partial charge in [-0.2, -0.15) is 0 Å². The van der Waals surface area contributed by atoms with Crippen LogP contribution in [0.3, 0.4) is 0 Å². The van der Waals surface area contributed by atoms with Crippen LogP contribution in [0.5, 0.6) is 0 Å². The van der Waals surface area contributed by atoms with Crippen molar-refractivity contribution >= 4 is 21.8 Å². The lowest BCUT2D eigenvalue weighted by molar-refractivity contribution is -0.121. The van der Waals surface area contributed by atoms with Crippen molar-refractivity contribution in [2.24, 2.45) is 5.73 Å². The van der Waals surface area contributed by atoms with E-state index in [1.165, 1.54) is 0 Å². The smallest absolute Gasteiger partial charge is 0.221 e. The van der Waals surface area contributed by atoms with E-state index in [-0.39, 0.29) is 11.9 Å². The van der Waals surface area contributed by atoms with Crippen LogP contribution >= 0.6 is 15.9 Å². The molecule has 1 rings (SSSR count). The third kappa shape index (κ3) is 4.01. The number of benzene rings is 1. The highest BCUT2D eigenvalue weighted by atomic mass is 79.9. The van der Waals surface area contributed by atoms with Crippen molar-refractivity contribution in [3.63, 3.8) is 0 Å². The predicted molar refractivity (Wildman–Crippen MR) is 64.4 cm³/mol. The molecule has 1 amide bonds. The van der Waals surface area contributed by atoms with Gasteiger partial charge in [0.2, 0.25) is 5.91 Å². The number of nitrogens with two attached hydrogens (primary N) is 1. The summed E-state index contributed by atoms with van der Waals surface area (Å²) in [5.74, 6) is -0.00656. The van der Waals surface area contributed by atoms with Crippen LogP contribution in [0.25, 0.3) is 0 Å². The van der Waals surface area contributed by atoms with E-state index in [4.69, 9.17) is 5.73 Å². The molecule has 3 nitrogen and oxygen atoms in total. The number of hydrogen-bond donors (Lipinski definition) is 2. The molecule has 15 heavy (non-hydrogen) atoms.